The molecule has 4 nitrogen and oxygen atoms in total. The van der Waals surface area contributed by atoms with Gasteiger partial charge in [-0.2, -0.15) is 0 Å². The lowest BCUT2D eigenvalue weighted by molar-refractivity contribution is -0.136. The van der Waals surface area contributed by atoms with E-state index in [1.807, 2.05) is 24.3 Å². The highest BCUT2D eigenvalue weighted by molar-refractivity contribution is 5.84. The van der Waals surface area contributed by atoms with E-state index in [-0.39, 0.29) is 5.76 Å². The van der Waals surface area contributed by atoms with E-state index in [2.05, 4.69) is 4.74 Å². The summed E-state index contributed by atoms with van der Waals surface area (Å²) in [6.07, 6.45) is 4.74. The van der Waals surface area contributed by atoms with Gasteiger partial charge in [0.05, 0.1) is 14.2 Å². The van der Waals surface area contributed by atoms with Crippen molar-refractivity contribution in [1.29, 1.82) is 0 Å². The van der Waals surface area contributed by atoms with E-state index in [1.54, 1.807) is 19.3 Å². The van der Waals surface area contributed by atoms with Crippen molar-refractivity contribution in [2.75, 3.05) is 14.2 Å². The lowest BCUT2D eigenvalue weighted by atomic mass is 10.2. The predicted molar refractivity (Wildman–Crippen MR) is 64.8 cm³/mol. The number of benzene rings is 1. The Hall–Kier alpha value is -2.23. The van der Waals surface area contributed by atoms with Crippen LogP contribution in [-0.4, -0.2) is 25.3 Å². The van der Waals surface area contributed by atoms with E-state index >= 15 is 0 Å². The number of aliphatic carboxylic acids is 1. The topological polar surface area (TPSA) is 55.8 Å². The lowest BCUT2D eigenvalue weighted by Crippen LogP contribution is -2.01. The Labute approximate surface area is 99.8 Å². The second kappa shape index (κ2) is 6.37. The van der Waals surface area contributed by atoms with Crippen LogP contribution < -0.4 is 4.74 Å². The molecule has 0 saturated carbocycles. The summed E-state index contributed by atoms with van der Waals surface area (Å²) in [6, 6.07) is 7.44. The van der Waals surface area contributed by atoms with Crippen molar-refractivity contribution in [3.63, 3.8) is 0 Å². The standard InChI is InChI=1S/C13H14O4/c1-16-11-8-4-3-6-10(11)7-5-9-12(17-2)13(14)15/h3-9H,1-2H3,(H,14,15)/b7-5+,12-9-. The SMILES string of the molecule is CO/C(=C\C=C\c1ccccc1OC)C(=O)O. The van der Waals surface area contributed by atoms with Crippen LogP contribution in [0.2, 0.25) is 0 Å². The van der Waals surface area contributed by atoms with Crippen LogP contribution in [0.3, 0.4) is 0 Å². The molecule has 1 N–H and O–H groups in total. The zero-order valence-corrected chi connectivity index (χ0v) is 9.71. The fourth-order valence-electron chi connectivity index (χ4n) is 1.27. The highest BCUT2D eigenvalue weighted by Gasteiger charge is 2.03. The summed E-state index contributed by atoms with van der Waals surface area (Å²) in [5.74, 6) is -0.486. The molecule has 0 aliphatic heterocycles. The van der Waals surface area contributed by atoms with Crippen molar-refractivity contribution < 1.29 is 19.4 Å². The minimum atomic E-state index is -1.10. The maximum atomic E-state index is 10.6. The maximum Gasteiger partial charge on any atom is 0.371 e. The Morgan fingerprint density at radius 2 is 2.00 bits per heavy atom. The van der Waals surface area contributed by atoms with Crippen LogP contribution in [0.4, 0.5) is 0 Å². The number of hydrogen-bond donors (Lipinski definition) is 1. The Morgan fingerprint density at radius 1 is 1.29 bits per heavy atom. The van der Waals surface area contributed by atoms with E-state index < -0.39 is 5.97 Å². The van der Waals surface area contributed by atoms with Crippen LogP contribution in [0.5, 0.6) is 5.75 Å². The van der Waals surface area contributed by atoms with E-state index in [1.165, 1.54) is 13.2 Å². The maximum absolute atomic E-state index is 10.6. The number of hydrogen-bond acceptors (Lipinski definition) is 3. The van der Waals surface area contributed by atoms with Gasteiger partial charge >= 0.3 is 5.97 Å². The number of ether oxygens (including phenoxy) is 2. The molecule has 1 rings (SSSR count). The van der Waals surface area contributed by atoms with Gasteiger partial charge in [0.15, 0.2) is 0 Å². The van der Waals surface area contributed by atoms with Gasteiger partial charge in [-0.3, -0.25) is 0 Å². The average molecular weight is 234 g/mol. The normalized spacial score (nSPS) is 11.5. The highest BCUT2D eigenvalue weighted by Crippen LogP contribution is 2.18. The number of carboxylic acid groups (broad SMARTS) is 1. The Bertz CT molecular complexity index is 446. The summed E-state index contributed by atoms with van der Waals surface area (Å²) in [7, 11) is 2.90. The molecule has 0 heterocycles. The molecular formula is C13H14O4. The van der Waals surface area contributed by atoms with Gasteiger partial charge in [0.2, 0.25) is 5.76 Å². The molecule has 1 aromatic carbocycles. The molecule has 0 atom stereocenters. The number of rotatable bonds is 5. The van der Waals surface area contributed by atoms with Crippen molar-refractivity contribution >= 4 is 12.0 Å². The third kappa shape index (κ3) is 3.68. The Morgan fingerprint density at radius 3 is 2.59 bits per heavy atom. The molecule has 0 spiro atoms. The molecule has 0 radical (unpaired) electrons. The van der Waals surface area contributed by atoms with Crippen molar-refractivity contribution in [2.45, 2.75) is 0 Å². The lowest BCUT2D eigenvalue weighted by Gasteiger charge is -2.02. The van der Waals surface area contributed by atoms with Crippen LogP contribution in [0, 0.1) is 0 Å². The summed E-state index contributed by atoms with van der Waals surface area (Å²) in [5, 5.41) is 8.72. The summed E-state index contributed by atoms with van der Waals surface area (Å²) in [4.78, 5) is 10.6. The number of carbonyl (C=O) groups is 1. The minimum absolute atomic E-state index is 0.115. The first kappa shape index (κ1) is 12.8. The van der Waals surface area contributed by atoms with Gasteiger partial charge in [-0.1, -0.05) is 30.4 Å². The smallest absolute Gasteiger partial charge is 0.371 e. The van der Waals surface area contributed by atoms with E-state index in [0.717, 1.165) is 11.3 Å². The molecule has 0 bridgehead atoms. The van der Waals surface area contributed by atoms with Crippen molar-refractivity contribution in [2.24, 2.45) is 0 Å². The van der Waals surface area contributed by atoms with Crippen molar-refractivity contribution in [3.8, 4) is 5.75 Å². The molecule has 0 aliphatic carbocycles. The van der Waals surface area contributed by atoms with E-state index in [0.29, 0.717) is 0 Å². The second-order valence-corrected chi connectivity index (χ2v) is 3.14. The third-order valence-electron chi connectivity index (χ3n) is 2.09. The fraction of sp³-hybridized carbons (Fsp3) is 0.154. The van der Waals surface area contributed by atoms with Gasteiger partial charge in [0.25, 0.3) is 0 Å². The molecular weight excluding hydrogens is 220 g/mol. The van der Waals surface area contributed by atoms with E-state index in [9.17, 15) is 4.79 Å². The minimum Gasteiger partial charge on any atom is -0.496 e. The molecule has 0 aliphatic rings. The zero-order chi connectivity index (χ0) is 12.7. The molecule has 0 saturated heterocycles. The van der Waals surface area contributed by atoms with Gasteiger partial charge in [-0.25, -0.2) is 4.79 Å². The van der Waals surface area contributed by atoms with Gasteiger partial charge in [-0.05, 0) is 12.1 Å². The predicted octanol–water partition coefficient (Wildman–Crippen LogP) is 2.32. The molecule has 1 aromatic rings. The first-order valence-electron chi connectivity index (χ1n) is 4.97. The number of para-hydroxylation sites is 1. The number of methoxy groups -OCH3 is 2. The summed E-state index contributed by atoms with van der Waals surface area (Å²) in [5.41, 5.74) is 0.868. The summed E-state index contributed by atoms with van der Waals surface area (Å²) >= 11 is 0. The van der Waals surface area contributed by atoms with Crippen LogP contribution >= 0.6 is 0 Å². The number of allylic oxidation sites excluding steroid dienone is 2. The van der Waals surface area contributed by atoms with Crippen molar-refractivity contribution in [3.05, 3.63) is 47.7 Å². The average Bonchev–Trinajstić information content (AvgIpc) is 2.34. The van der Waals surface area contributed by atoms with Crippen LogP contribution in [0.25, 0.3) is 6.08 Å². The molecule has 0 amide bonds. The monoisotopic (exact) mass is 234 g/mol. The highest BCUT2D eigenvalue weighted by atomic mass is 16.5. The van der Waals surface area contributed by atoms with Gasteiger partial charge < -0.3 is 14.6 Å². The molecule has 90 valence electrons. The molecule has 0 aromatic heterocycles. The summed E-state index contributed by atoms with van der Waals surface area (Å²) in [6.45, 7) is 0. The first-order valence-corrected chi connectivity index (χ1v) is 4.97. The van der Waals surface area contributed by atoms with Crippen molar-refractivity contribution in [1.82, 2.24) is 0 Å². The Balaban J connectivity index is 2.87. The molecule has 17 heavy (non-hydrogen) atoms. The van der Waals surface area contributed by atoms with Gasteiger partial charge in [-0.15, -0.1) is 0 Å². The van der Waals surface area contributed by atoms with E-state index in [4.69, 9.17) is 9.84 Å². The summed E-state index contributed by atoms with van der Waals surface area (Å²) < 4.78 is 9.84. The molecule has 0 fully saturated rings. The zero-order valence-electron chi connectivity index (χ0n) is 9.71. The molecule has 4 heteroatoms. The third-order valence-corrected chi connectivity index (χ3v) is 2.09. The van der Waals surface area contributed by atoms with Crippen LogP contribution in [-0.2, 0) is 9.53 Å². The van der Waals surface area contributed by atoms with Crippen LogP contribution in [0.1, 0.15) is 5.56 Å². The number of carboxylic acids is 1. The quantitative estimate of drug-likeness (QED) is 0.482. The van der Waals surface area contributed by atoms with Gasteiger partial charge in [0.1, 0.15) is 5.75 Å². The fourth-order valence-corrected chi connectivity index (χ4v) is 1.27. The molecule has 0 unspecified atom stereocenters. The largest absolute Gasteiger partial charge is 0.496 e. The first-order chi connectivity index (χ1) is 8.19. The Kier molecular flexibility index (Phi) is 4.81. The van der Waals surface area contributed by atoms with Crippen LogP contribution in [0.15, 0.2) is 42.2 Å². The second-order valence-electron chi connectivity index (χ2n) is 3.14. The van der Waals surface area contributed by atoms with Gasteiger partial charge in [0, 0.05) is 5.56 Å².